The van der Waals surface area contributed by atoms with Crippen LogP contribution < -0.4 is 5.32 Å². The Morgan fingerprint density at radius 3 is 2.36 bits per heavy atom. The largest absolute Gasteiger partial charge is 0.478 e. The van der Waals surface area contributed by atoms with E-state index in [1.54, 1.807) is 6.08 Å². The molecule has 4 fully saturated rings. The second kappa shape index (κ2) is 9.49. The topological polar surface area (TPSA) is 105 Å². The lowest BCUT2D eigenvalue weighted by atomic mass is 9.45. The van der Waals surface area contributed by atoms with Gasteiger partial charge in [-0.1, -0.05) is 43.5 Å². The standard InChI is InChI=1S/C29H37N3O4/c1-20(27-13-16-28(17-14-27,18-15-27)26-30-21(2)32-36-26)29(11-4-3-5-12-29)25(35)31-23-8-6-7-22(19-23)9-10-24(33)34/h6-10,19-20H,3-5,11-18H2,1-2H3,(H,31,35)(H,33,34)/b10-9+. The van der Waals surface area contributed by atoms with Gasteiger partial charge in [-0.25, -0.2) is 4.79 Å². The lowest BCUT2D eigenvalue weighted by Crippen LogP contribution is -2.54. The number of carboxylic acid groups (broad SMARTS) is 1. The molecule has 1 unspecified atom stereocenters. The van der Waals surface area contributed by atoms with Crippen LogP contribution in [0, 0.1) is 23.7 Å². The van der Waals surface area contributed by atoms with E-state index in [0.717, 1.165) is 87.4 Å². The van der Waals surface area contributed by atoms with Gasteiger partial charge in [-0.05, 0) is 93.4 Å². The first-order chi connectivity index (χ1) is 17.3. The van der Waals surface area contributed by atoms with Crippen molar-refractivity contribution in [2.45, 2.75) is 89.9 Å². The van der Waals surface area contributed by atoms with Gasteiger partial charge in [0, 0.05) is 17.2 Å². The molecule has 6 rings (SSSR count). The van der Waals surface area contributed by atoms with Gasteiger partial charge in [-0.2, -0.15) is 4.98 Å². The summed E-state index contributed by atoms with van der Waals surface area (Å²) in [6, 6.07) is 7.43. The number of aliphatic carboxylic acids is 1. The molecule has 2 N–H and O–H groups in total. The van der Waals surface area contributed by atoms with Crippen LogP contribution in [-0.2, 0) is 15.0 Å². The molecule has 0 spiro atoms. The van der Waals surface area contributed by atoms with Crippen LogP contribution in [0.15, 0.2) is 34.9 Å². The maximum absolute atomic E-state index is 14.1. The highest BCUT2D eigenvalue weighted by molar-refractivity contribution is 5.96. The molecule has 2 aromatic rings. The number of hydrogen-bond donors (Lipinski definition) is 2. The molecular weight excluding hydrogens is 454 g/mol. The smallest absolute Gasteiger partial charge is 0.328 e. The average molecular weight is 492 g/mol. The summed E-state index contributed by atoms with van der Waals surface area (Å²) in [5.74, 6) is 0.928. The molecule has 4 saturated carbocycles. The zero-order valence-electron chi connectivity index (χ0n) is 21.4. The monoisotopic (exact) mass is 491 g/mol. The molecule has 7 heteroatoms. The van der Waals surface area contributed by atoms with Gasteiger partial charge in [0.25, 0.3) is 0 Å². The number of benzene rings is 1. The number of carbonyl (C=O) groups excluding carboxylic acids is 1. The summed E-state index contributed by atoms with van der Waals surface area (Å²) in [5.41, 5.74) is 1.27. The number of anilines is 1. The minimum Gasteiger partial charge on any atom is -0.478 e. The van der Waals surface area contributed by atoms with Crippen LogP contribution in [0.25, 0.3) is 6.08 Å². The van der Waals surface area contributed by atoms with Crippen molar-refractivity contribution in [2.24, 2.45) is 16.7 Å². The van der Waals surface area contributed by atoms with Gasteiger partial charge in [-0.3, -0.25) is 4.79 Å². The number of aryl methyl sites for hydroxylation is 1. The van der Waals surface area contributed by atoms with E-state index in [4.69, 9.17) is 9.63 Å². The molecule has 36 heavy (non-hydrogen) atoms. The molecule has 1 atom stereocenters. The molecule has 1 aromatic carbocycles. The number of rotatable bonds is 7. The molecule has 0 aliphatic heterocycles. The maximum Gasteiger partial charge on any atom is 0.328 e. The Kier molecular flexibility index (Phi) is 6.52. The van der Waals surface area contributed by atoms with Crippen molar-refractivity contribution in [3.63, 3.8) is 0 Å². The zero-order chi connectivity index (χ0) is 25.4. The van der Waals surface area contributed by atoms with Crippen LogP contribution >= 0.6 is 0 Å². The van der Waals surface area contributed by atoms with Gasteiger partial charge in [-0.15, -0.1) is 0 Å². The number of carbonyl (C=O) groups is 2. The molecule has 1 amide bonds. The summed E-state index contributed by atoms with van der Waals surface area (Å²) in [6.07, 6.45) is 14.3. The summed E-state index contributed by atoms with van der Waals surface area (Å²) in [5, 5.41) is 16.2. The first kappa shape index (κ1) is 24.7. The van der Waals surface area contributed by atoms with Crippen molar-refractivity contribution in [2.75, 3.05) is 5.32 Å². The SMILES string of the molecule is Cc1noc(C23CCC(C(C)C4(C(=O)Nc5cccc(/C=C/C(=O)O)c5)CCCCC4)(CC2)CC3)n1. The minimum absolute atomic E-state index is 0.00856. The Labute approximate surface area is 212 Å². The summed E-state index contributed by atoms with van der Waals surface area (Å²) in [6.45, 7) is 4.22. The van der Waals surface area contributed by atoms with E-state index in [1.807, 2.05) is 31.2 Å². The van der Waals surface area contributed by atoms with Crippen LogP contribution in [0.4, 0.5) is 5.69 Å². The molecular formula is C29H37N3O4. The highest BCUT2D eigenvalue weighted by Crippen LogP contribution is 2.64. The fourth-order valence-corrected chi connectivity index (χ4v) is 7.47. The van der Waals surface area contributed by atoms with Gasteiger partial charge < -0.3 is 14.9 Å². The highest BCUT2D eigenvalue weighted by atomic mass is 16.5. The first-order valence-electron chi connectivity index (χ1n) is 13.4. The first-order valence-corrected chi connectivity index (χ1v) is 13.4. The van der Waals surface area contributed by atoms with Crippen LogP contribution in [0.1, 0.15) is 94.8 Å². The molecule has 2 bridgehead atoms. The predicted octanol–water partition coefficient (Wildman–Crippen LogP) is 6.29. The van der Waals surface area contributed by atoms with Crippen LogP contribution in [0.2, 0.25) is 0 Å². The zero-order valence-corrected chi connectivity index (χ0v) is 21.4. The Balaban J connectivity index is 1.36. The lowest BCUT2D eigenvalue weighted by molar-refractivity contribution is -0.141. The molecule has 4 aliphatic carbocycles. The maximum atomic E-state index is 14.1. The molecule has 1 heterocycles. The van der Waals surface area contributed by atoms with E-state index in [2.05, 4.69) is 22.4 Å². The van der Waals surface area contributed by atoms with Gasteiger partial charge in [0.1, 0.15) is 0 Å². The number of fused-ring (bicyclic) bond motifs is 3. The third kappa shape index (κ3) is 4.37. The van der Waals surface area contributed by atoms with Crippen LogP contribution in [0.5, 0.6) is 0 Å². The van der Waals surface area contributed by atoms with E-state index < -0.39 is 5.97 Å². The highest BCUT2D eigenvalue weighted by Gasteiger charge is 2.59. The molecule has 0 radical (unpaired) electrons. The quantitative estimate of drug-likeness (QED) is 0.441. The molecule has 192 valence electrons. The van der Waals surface area contributed by atoms with E-state index in [-0.39, 0.29) is 28.1 Å². The fraction of sp³-hybridized carbons (Fsp3) is 0.586. The third-order valence-corrected chi connectivity index (χ3v) is 9.79. The summed E-state index contributed by atoms with van der Waals surface area (Å²) in [4.78, 5) is 29.6. The van der Waals surface area contributed by atoms with Gasteiger partial charge in [0.05, 0.1) is 5.41 Å². The van der Waals surface area contributed by atoms with Crippen LogP contribution in [-0.4, -0.2) is 27.1 Å². The summed E-state index contributed by atoms with van der Waals surface area (Å²) in [7, 11) is 0. The van der Waals surface area contributed by atoms with Gasteiger partial charge in [0.2, 0.25) is 11.8 Å². The molecule has 7 nitrogen and oxygen atoms in total. The summed E-state index contributed by atoms with van der Waals surface area (Å²) >= 11 is 0. The van der Waals surface area contributed by atoms with Crippen molar-refractivity contribution < 1.29 is 19.2 Å². The number of amides is 1. The Hall–Kier alpha value is -2.96. The predicted molar refractivity (Wildman–Crippen MR) is 137 cm³/mol. The number of carboxylic acids is 1. The molecule has 1 aromatic heterocycles. The van der Waals surface area contributed by atoms with Crippen molar-refractivity contribution >= 4 is 23.6 Å². The number of nitrogens with zero attached hydrogens (tertiary/aromatic N) is 2. The molecule has 0 saturated heterocycles. The normalized spacial score (nSPS) is 28.2. The minimum atomic E-state index is -0.989. The van der Waals surface area contributed by atoms with Crippen LogP contribution in [0.3, 0.4) is 0 Å². The number of aromatic nitrogens is 2. The third-order valence-electron chi connectivity index (χ3n) is 9.79. The fourth-order valence-electron chi connectivity index (χ4n) is 7.47. The number of hydrogen-bond acceptors (Lipinski definition) is 5. The number of nitrogens with one attached hydrogen (secondary N) is 1. The second-order valence-corrected chi connectivity index (χ2v) is 11.5. The second-order valence-electron chi connectivity index (χ2n) is 11.5. The van der Waals surface area contributed by atoms with Crippen molar-refractivity contribution in [3.8, 4) is 0 Å². The Morgan fingerprint density at radius 1 is 1.06 bits per heavy atom. The van der Waals surface area contributed by atoms with E-state index >= 15 is 0 Å². The van der Waals surface area contributed by atoms with Gasteiger partial charge in [0.15, 0.2) is 5.82 Å². The Bertz CT molecular complexity index is 1140. The Morgan fingerprint density at radius 2 is 1.75 bits per heavy atom. The van der Waals surface area contributed by atoms with Crippen molar-refractivity contribution in [3.05, 3.63) is 47.6 Å². The molecule has 4 aliphatic rings. The lowest BCUT2D eigenvalue weighted by Gasteiger charge is -2.58. The van der Waals surface area contributed by atoms with Crippen molar-refractivity contribution in [1.82, 2.24) is 10.1 Å². The van der Waals surface area contributed by atoms with Gasteiger partial charge >= 0.3 is 5.97 Å². The summed E-state index contributed by atoms with van der Waals surface area (Å²) < 4.78 is 5.63. The van der Waals surface area contributed by atoms with E-state index in [9.17, 15) is 9.59 Å². The van der Waals surface area contributed by atoms with E-state index in [0.29, 0.717) is 5.82 Å². The van der Waals surface area contributed by atoms with E-state index in [1.165, 1.54) is 6.42 Å². The average Bonchev–Trinajstić information content (AvgIpc) is 3.36. The van der Waals surface area contributed by atoms with Crippen molar-refractivity contribution in [1.29, 1.82) is 0 Å².